The molecule has 0 N–H and O–H groups in total. The average molecular weight is 1040 g/mol. The smallest absolute Gasteiger partial charge is 0.310 e. The molecule has 0 bridgehead atoms. The summed E-state index contributed by atoms with van der Waals surface area (Å²) >= 11 is 0. The first-order valence-corrected chi connectivity index (χ1v) is 29.4. The Morgan fingerprint density at radius 1 is 0.289 bits per heavy atom. The van der Waals surface area contributed by atoms with E-state index in [9.17, 15) is 14.4 Å². The van der Waals surface area contributed by atoms with Crippen molar-refractivity contribution in [3.05, 3.63) is 194 Å². The largest absolute Gasteiger partial charge is 0.462 e. The van der Waals surface area contributed by atoms with Crippen molar-refractivity contribution in [3.63, 3.8) is 0 Å². The topological polar surface area (TPSA) is 78.9 Å². The molecule has 6 nitrogen and oxygen atoms in total. The van der Waals surface area contributed by atoms with E-state index in [1.807, 2.05) is 6.08 Å². The lowest BCUT2D eigenvalue weighted by Crippen LogP contribution is -2.30. The Kier molecular flexibility index (Phi) is 57.1. The summed E-state index contributed by atoms with van der Waals surface area (Å²) in [5, 5.41) is 0. The van der Waals surface area contributed by atoms with Gasteiger partial charge in [0.05, 0.1) is 6.42 Å². The summed E-state index contributed by atoms with van der Waals surface area (Å²) in [6, 6.07) is 0. The molecule has 0 aromatic heterocycles. The van der Waals surface area contributed by atoms with Crippen molar-refractivity contribution < 1.29 is 28.6 Å². The molecule has 0 aliphatic carbocycles. The van der Waals surface area contributed by atoms with Gasteiger partial charge in [-0.2, -0.15) is 0 Å². The van der Waals surface area contributed by atoms with Crippen molar-refractivity contribution in [1.29, 1.82) is 0 Å². The number of carbonyl (C=O) groups is 3. The van der Waals surface area contributed by atoms with Gasteiger partial charge in [-0.3, -0.25) is 14.4 Å². The lowest BCUT2D eigenvalue weighted by Gasteiger charge is -2.18. The van der Waals surface area contributed by atoms with E-state index >= 15 is 0 Å². The first-order chi connectivity index (χ1) is 37.5. The number of rotatable bonds is 50. The molecular formula is C70H104O6. The summed E-state index contributed by atoms with van der Waals surface area (Å²) in [7, 11) is 0. The number of ether oxygens (including phenoxy) is 3. The van der Waals surface area contributed by atoms with Crippen molar-refractivity contribution in [2.24, 2.45) is 0 Å². The second-order valence-corrected chi connectivity index (χ2v) is 18.4. The van der Waals surface area contributed by atoms with Gasteiger partial charge in [-0.25, -0.2) is 0 Å². The lowest BCUT2D eigenvalue weighted by atomic mass is 10.1. The Hall–Kier alpha value is -5.75. The molecule has 0 aromatic carbocycles. The van der Waals surface area contributed by atoms with Gasteiger partial charge in [-0.1, -0.05) is 241 Å². The van der Waals surface area contributed by atoms with Crippen molar-refractivity contribution in [2.45, 2.75) is 213 Å². The lowest BCUT2D eigenvalue weighted by molar-refractivity contribution is -0.166. The zero-order valence-electron chi connectivity index (χ0n) is 47.9. The van der Waals surface area contributed by atoms with Crippen molar-refractivity contribution in [1.82, 2.24) is 0 Å². The highest BCUT2D eigenvalue weighted by molar-refractivity contribution is 5.72. The van der Waals surface area contributed by atoms with Crippen molar-refractivity contribution in [2.75, 3.05) is 13.2 Å². The van der Waals surface area contributed by atoms with Crippen molar-refractivity contribution >= 4 is 17.9 Å². The fourth-order valence-electron chi connectivity index (χ4n) is 7.02. The number of unbranched alkanes of at least 4 members (excludes halogenated alkanes) is 8. The summed E-state index contributed by atoms with van der Waals surface area (Å²) in [6.07, 6.45) is 94.7. The minimum atomic E-state index is -0.864. The molecule has 0 aliphatic heterocycles. The van der Waals surface area contributed by atoms with E-state index < -0.39 is 12.1 Å². The van der Waals surface area contributed by atoms with Gasteiger partial charge in [-0.15, -0.1) is 0 Å². The first kappa shape index (κ1) is 70.2. The number of hydrogen-bond donors (Lipinski definition) is 0. The molecule has 0 saturated carbocycles. The molecule has 0 saturated heterocycles. The standard InChI is InChI=1S/C70H104O6/c1-4-7-10-13-16-19-22-24-26-27-28-29-30-31-32-33-34-35-36-37-38-39-40-41-42-43-45-46-48-51-54-57-60-63-69(72)75-66-67(65-74-68(71)62-59-56-53-50-21-18-15-12-9-6-3)76-70(73)64-61-58-55-52-49-47-44-25-23-20-17-14-11-8-5-2/h7-8,10-12,15-17,19-20,24-26,28-29,31-32,34-35,37-38,40-41,43-45,48-49,51-52,58,61,67H,4-6,9,13-14,18,21-23,27,30,33,36,39,42,46-47,50,53-57,59-60,62-66H2,1-3H3/b10-7-,11-8-,15-12-,19-16-,20-17-,26-24-,29-28-,32-31-,35-34-,38-37-,41-40-,44-25-,45-43-,51-48-,52-49-,61-58-. The molecule has 420 valence electrons. The summed E-state index contributed by atoms with van der Waals surface area (Å²) in [6.45, 7) is 6.18. The van der Waals surface area contributed by atoms with Crippen LogP contribution in [0.4, 0.5) is 0 Å². The van der Waals surface area contributed by atoms with E-state index in [4.69, 9.17) is 14.2 Å². The Labute approximate surface area is 465 Å². The maximum atomic E-state index is 12.8. The molecule has 76 heavy (non-hydrogen) atoms. The quantitative estimate of drug-likeness (QED) is 0.0261. The molecule has 1 atom stereocenters. The van der Waals surface area contributed by atoms with Gasteiger partial charge >= 0.3 is 17.9 Å². The zero-order valence-corrected chi connectivity index (χ0v) is 47.9. The first-order valence-electron chi connectivity index (χ1n) is 29.4. The molecule has 0 aromatic rings. The van der Waals surface area contributed by atoms with Crippen LogP contribution in [0.5, 0.6) is 0 Å². The van der Waals surface area contributed by atoms with Crippen LogP contribution in [0, 0.1) is 0 Å². The molecular weight excluding hydrogens is 937 g/mol. The Balaban J connectivity index is 4.43. The molecule has 0 spiro atoms. The maximum absolute atomic E-state index is 12.8. The summed E-state index contributed by atoms with van der Waals surface area (Å²) in [4.78, 5) is 38.0. The average Bonchev–Trinajstić information content (AvgIpc) is 3.42. The van der Waals surface area contributed by atoms with Crippen LogP contribution < -0.4 is 0 Å². The Morgan fingerprint density at radius 3 is 0.908 bits per heavy atom. The highest BCUT2D eigenvalue weighted by Crippen LogP contribution is 2.11. The van der Waals surface area contributed by atoms with E-state index in [2.05, 4.69) is 203 Å². The van der Waals surface area contributed by atoms with Crippen LogP contribution in [0.15, 0.2) is 194 Å². The van der Waals surface area contributed by atoms with E-state index in [0.29, 0.717) is 19.3 Å². The molecule has 0 aliphatic rings. The van der Waals surface area contributed by atoms with E-state index in [1.54, 1.807) is 6.08 Å². The fraction of sp³-hybridized carbons (Fsp3) is 0.500. The summed E-state index contributed by atoms with van der Waals surface area (Å²) in [5.41, 5.74) is 0. The van der Waals surface area contributed by atoms with Gasteiger partial charge in [-0.05, 0) is 141 Å². The van der Waals surface area contributed by atoms with Crippen LogP contribution in [-0.4, -0.2) is 37.2 Å². The maximum Gasteiger partial charge on any atom is 0.310 e. The normalized spacial score (nSPS) is 13.6. The van der Waals surface area contributed by atoms with E-state index in [0.717, 1.165) is 148 Å². The van der Waals surface area contributed by atoms with Crippen LogP contribution in [0.3, 0.4) is 0 Å². The fourth-order valence-corrected chi connectivity index (χ4v) is 7.02. The van der Waals surface area contributed by atoms with Crippen LogP contribution in [0.1, 0.15) is 207 Å². The molecule has 0 radical (unpaired) electrons. The molecule has 0 rings (SSSR count). The molecule has 0 amide bonds. The molecule has 0 heterocycles. The monoisotopic (exact) mass is 1040 g/mol. The van der Waals surface area contributed by atoms with Gasteiger partial charge in [0, 0.05) is 12.8 Å². The summed E-state index contributed by atoms with van der Waals surface area (Å²) < 4.78 is 16.6. The van der Waals surface area contributed by atoms with Crippen LogP contribution in [-0.2, 0) is 28.6 Å². The molecule has 6 heteroatoms. The number of carbonyl (C=O) groups excluding carboxylic acids is 3. The second-order valence-electron chi connectivity index (χ2n) is 18.4. The second kappa shape index (κ2) is 61.8. The van der Waals surface area contributed by atoms with Gasteiger partial charge < -0.3 is 14.2 Å². The van der Waals surface area contributed by atoms with Gasteiger partial charge in [0.2, 0.25) is 0 Å². The predicted molar refractivity (Wildman–Crippen MR) is 329 cm³/mol. The van der Waals surface area contributed by atoms with E-state index in [-0.39, 0.29) is 38.0 Å². The number of hydrogen-bond acceptors (Lipinski definition) is 6. The van der Waals surface area contributed by atoms with Gasteiger partial charge in [0.1, 0.15) is 13.2 Å². The minimum Gasteiger partial charge on any atom is -0.462 e. The van der Waals surface area contributed by atoms with Crippen LogP contribution >= 0.6 is 0 Å². The molecule has 1 unspecified atom stereocenters. The number of allylic oxidation sites excluding steroid dienone is 31. The van der Waals surface area contributed by atoms with Crippen molar-refractivity contribution in [3.8, 4) is 0 Å². The number of esters is 3. The Bertz CT molecular complexity index is 1870. The third-order valence-electron chi connectivity index (χ3n) is 11.3. The Morgan fingerprint density at radius 2 is 0.553 bits per heavy atom. The highest BCUT2D eigenvalue weighted by Gasteiger charge is 2.19. The van der Waals surface area contributed by atoms with Crippen LogP contribution in [0.2, 0.25) is 0 Å². The highest BCUT2D eigenvalue weighted by atomic mass is 16.6. The van der Waals surface area contributed by atoms with E-state index in [1.165, 1.54) is 6.42 Å². The third-order valence-corrected chi connectivity index (χ3v) is 11.3. The van der Waals surface area contributed by atoms with Gasteiger partial charge in [0.15, 0.2) is 6.10 Å². The minimum absolute atomic E-state index is 0.0752. The third kappa shape index (κ3) is 59.1. The predicted octanol–water partition coefficient (Wildman–Crippen LogP) is 20.3. The van der Waals surface area contributed by atoms with Crippen LogP contribution in [0.25, 0.3) is 0 Å². The summed E-state index contributed by atoms with van der Waals surface area (Å²) in [5.74, 6) is -1.15. The van der Waals surface area contributed by atoms with Gasteiger partial charge in [0.25, 0.3) is 0 Å². The SMILES string of the molecule is CC/C=C\C/C=C\C/C=C\C/C=C\C/C=C\C/C=C\C/C=C\C/C=C\C/C=C\C/C=C\CCCCC(=O)OCC(COC(=O)CCCCCCC/C=C\CCC)OC(=O)C/C=C\C/C=C\C/C=C\C/C=C\C/C=C\CC. The molecule has 0 fully saturated rings. The zero-order chi connectivity index (χ0) is 55.0.